The van der Waals surface area contributed by atoms with Crippen LogP contribution in [0.5, 0.6) is 0 Å². The van der Waals surface area contributed by atoms with Crippen LogP contribution < -0.4 is 0 Å². The van der Waals surface area contributed by atoms with Crippen molar-refractivity contribution in [2.45, 2.75) is 53.9 Å². The summed E-state index contributed by atoms with van der Waals surface area (Å²) in [5, 5.41) is 0. The van der Waals surface area contributed by atoms with E-state index in [1.165, 1.54) is 27.8 Å². The molecule has 0 spiro atoms. The lowest BCUT2D eigenvalue weighted by Gasteiger charge is -2.18. The van der Waals surface area contributed by atoms with Crippen molar-refractivity contribution in [1.29, 1.82) is 0 Å². The SMILES string of the molecule is CC1=CC(C(C)(C)C)=C/C1=C/c1ccc(C(C)(C)C)cc1. The van der Waals surface area contributed by atoms with Gasteiger partial charge in [-0.2, -0.15) is 0 Å². The van der Waals surface area contributed by atoms with Gasteiger partial charge in [0, 0.05) is 0 Å². The Balaban J connectivity index is 2.29. The summed E-state index contributed by atoms with van der Waals surface area (Å²) in [5.41, 5.74) is 7.20. The minimum atomic E-state index is 0.215. The first kappa shape index (κ1) is 15.8. The molecule has 0 amide bonds. The van der Waals surface area contributed by atoms with Crippen LogP contribution in [0.1, 0.15) is 59.6 Å². The van der Waals surface area contributed by atoms with Gasteiger partial charge < -0.3 is 0 Å². The number of benzene rings is 1. The summed E-state index contributed by atoms with van der Waals surface area (Å²) >= 11 is 0. The summed E-state index contributed by atoms with van der Waals surface area (Å²) in [5.74, 6) is 0. The third kappa shape index (κ3) is 3.75. The summed E-state index contributed by atoms with van der Waals surface area (Å²) in [7, 11) is 0. The third-order valence-corrected chi connectivity index (χ3v) is 4.10. The molecule has 0 bridgehead atoms. The summed E-state index contributed by atoms with van der Waals surface area (Å²) in [6.45, 7) is 15.8. The minimum absolute atomic E-state index is 0.215. The number of allylic oxidation sites excluding steroid dienone is 5. The molecule has 0 nitrogen and oxygen atoms in total. The molecule has 1 aromatic rings. The highest BCUT2D eigenvalue weighted by Crippen LogP contribution is 2.35. The molecule has 0 aromatic heterocycles. The van der Waals surface area contributed by atoms with Gasteiger partial charge in [-0.05, 0) is 51.7 Å². The maximum absolute atomic E-state index is 2.33. The fourth-order valence-electron chi connectivity index (χ4n) is 2.49. The minimum Gasteiger partial charge on any atom is -0.0579 e. The number of hydrogen-bond acceptors (Lipinski definition) is 0. The van der Waals surface area contributed by atoms with Crippen molar-refractivity contribution in [3.63, 3.8) is 0 Å². The molecule has 21 heavy (non-hydrogen) atoms. The molecule has 0 atom stereocenters. The molecule has 2 rings (SSSR count). The van der Waals surface area contributed by atoms with Gasteiger partial charge in [-0.15, -0.1) is 0 Å². The van der Waals surface area contributed by atoms with Gasteiger partial charge in [-0.1, -0.05) is 78.0 Å². The second-order valence-electron chi connectivity index (χ2n) is 8.15. The molecule has 0 saturated carbocycles. The second-order valence-corrected chi connectivity index (χ2v) is 8.15. The van der Waals surface area contributed by atoms with Crippen LogP contribution in [0.2, 0.25) is 0 Å². The Labute approximate surface area is 130 Å². The monoisotopic (exact) mass is 280 g/mol. The molecule has 0 heteroatoms. The van der Waals surface area contributed by atoms with Crippen LogP contribution in [0.25, 0.3) is 6.08 Å². The fourth-order valence-corrected chi connectivity index (χ4v) is 2.49. The average molecular weight is 280 g/mol. The zero-order valence-electron chi connectivity index (χ0n) is 14.5. The molecular weight excluding hydrogens is 252 g/mol. The summed E-state index contributed by atoms with van der Waals surface area (Å²) < 4.78 is 0. The van der Waals surface area contributed by atoms with Crippen LogP contribution in [0.3, 0.4) is 0 Å². The molecule has 112 valence electrons. The second kappa shape index (κ2) is 5.33. The van der Waals surface area contributed by atoms with E-state index >= 15 is 0 Å². The average Bonchev–Trinajstić information content (AvgIpc) is 2.70. The van der Waals surface area contributed by atoms with Gasteiger partial charge >= 0.3 is 0 Å². The highest BCUT2D eigenvalue weighted by molar-refractivity contribution is 5.67. The van der Waals surface area contributed by atoms with Crippen molar-refractivity contribution in [3.8, 4) is 0 Å². The van der Waals surface area contributed by atoms with E-state index in [9.17, 15) is 0 Å². The largest absolute Gasteiger partial charge is 0.0579 e. The lowest BCUT2D eigenvalue weighted by Crippen LogP contribution is -2.10. The zero-order chi connectivity index (χ0) is 15.8. The van der Waals surface area contributed by atoms with Crippen LogP contribution in [0, 0.1) is 5.41 Å². The van der Waals surface area contributed by atoms with E-state index in [0.29, 0.717) is 0 Å². The van der Waals surface area contributed by atoms with Gasteiger partial charge in [0.15, 0.2) is 0 Å². The van der Waals surface area contributed by atoms with Crippen LogP contribution in [0.4, 0.5) is 0 Å². The van der Waals surface area contributed by atoms with E-state index in [0.717, 1.165) is 0 Å². The van der Waals surface area contributed by atoms with Crippen molar-refractivity contribution in [2.75, 3.05) is 0 Å². The Morgan fingerprint density at radius 2 is 1.33 bits per heavy atom. The van der Waals surface area contributed by atoms with Gasteiger partial charge in [-0.25, -0.2) is 0 Å². The normalized spacial score (nSPS) is 18.0. The lowest BCUT2D eigenvalue weighted by molar-refractivity contribution is 0.518. The molecule has 0 N–H and O–H groups in total. The highest BCUT2D eigenvalue weighted by atomic mass is 14.2. The predicted octanol–water partition coefficient (Wildman–Crippen LogP) is 6.30. The van der Waals surface area contributed by atoms with Crippen LogP contribution in [-0.2, 0) is 5.41 Å². The smallest absolute Gasteiger partial charge is 0.0132 e. The van der Waals surface area contributed by atoms with E-state index in [2.05, 4.69) is 91.0 Å². The van der Waals surface area contributed by atoms with Crippen molar-refractivity contribution < 1.29 is 0 Å². The molecule has 1 aromatic carbocycles. The first-order valence-electron chi connectivity index (χ1n) is 7.80. The summed E-state index contributed by atoms with van der Waals surface area (Å²) in [4.78, 5) is 0. The van der Waals surface area contributed by atoms with Crippen molar-refractivity contribution in [1.82, 2.24) is 0 Å². The van der Waals surface area contributed by atoms with Gasteiger partial charge in [0.1, 0.15) is 0 Å². The lowest BCUT2D eigenvalue weighted by atomic mass is 9.86. The molecule has 1 aliphatic carbocycles. The Hall–Kier alpha value is -1.56. The molecule has 0 unspecified atom stereocenters. The Kier molecular flexibility index (Phi) is 4.02. The molecule has 0 fully saturated rings. The van der Waals surface area contributed by atoms with Crippen LogP contribution in [-0.4, -0.2) is 0 Å². The predicted molar refractivity (Wildman–Crippen MR) is 94.4 cm³/mol. The molecule has 1 aliphatic rings. The van der Waals surface area contributed by atoms with Crippen molar-refractivity contribution >= 4 is 6.08 Å². The molecule has 0 aliphatic heterocycles. The summed E-state index contributed by atoms with van der Waals surface area (Å²) in [6, 6.07) is 8.94. The molecular formula is C21H28. The van der Waals surface area contributed by atoms with E-state index < -0.39 is 0 Å². The third-order valence-electron chi connectivity index (χ3n) is 4.10. The highest BCUT2D eigenvalue weighted by Gasteiger charge is 2.20. The van der Waals surface area contributed by atoms with Gasteiger partial charge in [-0.3, -0.25) is 0 Å². The van der Waals surface area contributed by atoms with E-state index in [-0.39, 0.29) is 10.8 Å². The molecule has 0 radical (unpaired) electrons. The fraction of sp³-hybridized carbons (Fsp3) is 0.429. The molecule has 0 heterocycles. The van der Waals surface area contributed by atoms with Crippen LogP contribution >= 0.6 is 0 Å². The van der Waals surface area contributed by atoms with E-state index in [1.54, 1.807) is 0 Å². The maximum atomic E-state index is 2.33. The standard InChI is InChI=1S/C21H28/c1-15-12-19(21(5,6)7)14-17(15)13-16-8-10-18(11-9-16)20(2,3)4/h8-14H,1-7H3/b17-13-. The first-order chi connectivity index (χ1) is 9.57. The zero-order valence-corrected chi connectivity index (χ0v) is 14.5. The van der Waals surface area contributed by atoms with Crippen molar-refractivity contribution in [2.24, 2.45) is 5.41 Å². The summed E-state index contributed by atoms with van der Waals surface area (Å²) in [6.07, 6.45) is 6.93. The number of hydrogen-bond donors (Lipinski definition) is 0. The quantitative estimate of drug-likeness (QED) is 0.566. The van der Waals surface area contributed by atoms with Gasteiger partial charge in [0.05, 0.1) is 0 Å². The molecule has 0 saturated heterocycles. The topological polar surface area (TPSA) is 0 Å². The maximum Gasteiger partial charge on any atom is -0.0132 e. The van der Waals surface area contributed by atoms with Gasteiger partial charge in [0.25, 0.3) is 0 Å². The van der Waals surface area contributed by atoms with E-state index in [4.69, 9.17) is 0 Å². The Morgan fingerprint density at radius 3 is 1.76 bits per heavy atom. The first-order valence-corrected chi connectivity index (χ1v) is 7.80. The van der Waals surface area contributed by atoms with Crippen molar-refractivity contribution in [3.05, 3.63) is 64.3 Å². The number of rotatable bonds is 1. The van der Waals surface area contributed by atoms with Gasteiger partial charge in [0.2, 0.25) is 0 Å². The van der Waals surface area contributed by atoms with Crippen LogP contribution in [0.15, 0.2) is 53.1 Å². The Morgan fingerprint density at radius 1 is 0.762 bits per heavy atom. The van der Waals surface area contributed by atoms with E-state index in [1.807, 2.05) is 0 Å². The Bertz CT molecular complexity index is 605.